The number of aromatic nitrogens is 1. The highest BCUT2D eigenvalue weighted by Gasteiger charge is 2.31. The van der Waals surface area contributed by atoms with Gasteiger partial charge in [0.25, 0.3) is 0 Å². The van der Waals surface area contributed by atoms with E-state index >= 15 is 0 Å². The van der Waals surface area contributed by atoms with E-state index in [1.54, 1.807) is 6.07 Å². The molecule has 0 spiro atoms. The Morgan fingerprint density at radius 2 is 2.07 bits per heavy atom. The lowest BCUT2D eigenvalue weighted by Crippen LogP contribution is -2.21. The van der Waals surface area contributed by atoms with Crippen LogP contribution in [0.4, 0.5) is 13.2 Å². The molecule has 1 unspecified atom stereocenters. The largest absolute Gasteiger partial charge is 0.390 e. The topological polar surface area (TPSA) is 38.9 Å². The molecule has 2 nitrogen and oxygen atoms in total. The zero-order valence-corrected chi connectivity index (χ0v) is 8.64. The molecule has 1 heterocycles. The van der Waals surface area contributed by atoms with Crippen molar-refractivity contribution >= 4 is 15.9 Å². The Labute approximate surface area is 87.4 Å². The predicted octanol–water partition coefficient (Wildman–Crippen LogP) is 2.80. The van der Waals surface area contributed by atoms with Crippen molar-refractivity contribution in [2.45, 2.75) is 18.6 Å². The molecular weight excluding hydrogens is 261 g/mol. The van der Waals surface area contributed by atoms with Crippen LogP contribution >= 0.6 is 15.9 Å². The molecule has 78 valence electrons. The summed E-state index contributed by atoms with van der Waals surface area (Å²) in [6, 6.07) is 1.99. The van der Waals surface area contributed by atoms with Gasteiger partial charge in [-0.05, 0) is 28.1 Å². The minimum atomic E-state index is -4.26. The minimum Gasteiger partial charge on any atom is -0.322 e. The van der Waals surface area contributed by atoms with Crippen LogP contribution in [0.3, 0.4) is 0 Å². The van der Waals surface area contributed by atoms with Crippen molar-refractivity contribution in [3.8, 4) is 0 Å². The third kappa shape index (κ3) is 3.63. The summed E-state index contributed by atoms with van der Waals surface area (Å²) in [5.74, 6) is 0. The standard InChI is InChI=1S/C8H8BrF3N2/c9-5-1-2-7(14-4-5)6(13)3-8(10,11)12/h1-2,4,6H,3,13H2. The monoisotopic (exact) mass is 268 g/mol. The molecule has 0 bridgehead atoms. The van der Waals surface area contributed by atoms with E-state index in [-0.39, 0.29) is 5.69 Å². The second-order valence-corrected chi connectivity index (χ2v) is 3.74. The first kappa shape index (κ1) is 11.5. The number of rotatable bonds is 2. The molecule has 1 atom stereocenters. The maximum atomic E-state index is 12.0. The smallest absolute Gasteiger partial charge is 0.322 e. The lowest BCUT2D eigenvalue weighted by atomic mass is 10.1. The number of nitrogens with two attached hydrogens (primary N) is 1. The summed E-state index contributed by atoms with van der Waals surface area (Å²) in [5, 5.41) is 0. The average molecular weight is 269 g/mol. The average Bonchev–Trinajstić information content (AvgIpc) is 2.02. The van der Waals surface area contributed by atoms with E-state index in [2.05, 4.69) is 20.9 Å². The van der Waals surface area contributed by atoms with E-state index in [9.17, 15) is 13.2 Å². The summed E-state index contributed by atoms with van der Waals surface area (Å²) in [7, 11) is 0. The van der Waals surface area contributed by atoms with Gasteiger partial charge in [-0.3, -0.25) is 4.98 Å². The van der Waals surface area contributed by atoms with Crippen LogP contribution in [0.5, 0.6) is 0 Å². The van der Waals surface area contributed by atoms with Crippen molar-refractivity contribution < 1.29 is 13.2 Å². The third-order valence-electron chi connectivity index (χ3n) is 1.58. The van der Waals surface area contributed by atoms with Gasteiger partial charge in [0, 0.05) is 10.7 Å². The molecule has 0 saturated heterocycles. The van der Waals surface area contributed by atoms with Gasteiger partial charge in [-0.25, -0.2) is 0 Å². The van der Waals surface area contributed by atoms with Crippen LogP contribution in [-0.4, -0.2) is 11.2 Å². The van der Waals surface area contributed by atoms with Gasteiger partial charge in [0.05, 0.1) is 18.2 Å². The van der Waals surface area contributed by atoms with Crippen LogP contribution in [0.1, 0.15) is 18.2 Å². The lowest BCUT2D eigenvalue weighted by molar-refractivity contribution is -0.138. The molecule has 0 amide bonds. The Morgan fingerprint density at radius 3 is 2.50 bits per heavy atom. The second kappa shape index (κ2) is 4.27. The molecular formula is C8H8BrF3N2. The molecule has 2 N–H and O–H groups in total. The molecule has 14 heavy (non-hydrogen) atoms. The fourth-order valence-electron chi connectivity index (χ4n) is 0.961. The summed E-state index contributed by atoms with van der Waals surface area (Å²) in [4.78, 5) is 3.79. The number of nitrogens with zero attached hydrogens (tertiary/aromatic N) is 1. The van der Waals surface area contributed by atoms with Crippen molar-refractivity contribution in [1.82, 2.24) is 4.98 Å². The molecule has 1 aromatic rings. The normalized spacial score (nSPS) is 14.1. The summed E-state index contributed by atoms with van der Waals surface area (Å²) >= 11 is 3.13. The molecule has 0 radical (unpaired) electrons. The number of pyridine rings is 1. The maximum Gasteiger partial charge on any atom is 0.390 e. The van der Waals surface area contributed by atoms with Gasteiger partial charge in [-0.2, -0.15) is 13.2 Å². The van der Waals surface area contributed by atoms with Crippen LogP contribution in [0, 0.1) is 0 Å². The Kier molecular flexibility index (Phi) is 3.49. The quantitative estimate of drug-likeness (QED) is 0.896. The summed E-state index contributed by atoms with van der Waals surface area (Å²) in [6.45, 7) is 0. The molecule has 0 aliphatic rings. The fraction of sp³-hybridized carbons (Fsp3) is 0.375. The SMILES string of the molecule is NC(CC(F)(F)F)c1ccc(Br)cn1. The summed E-state index contributed by atoms with van der Waals surface area (Å²) in [6.07, 6.45) is -3.89. The molecule has 0 aliphatic carbocycles. The van der Waals surface area contributed by atoms with Gasteiger partial charge >= 0.3 is 6.18 Å². The highest BCUT2D eigenvalue weighted by molar-refractivity contribution is 9.10. The lowest BCUT2D eigenvalue weighted by Gasteiger charge is -2.13. The molecule has 0 fully saturated rings. The van der Waals surface area contributed by atoms with Crippen LogP contribution in [0.2, 0.25) is 0 Å². The van der Waals surface area contributed by atoms with Crippen molar-refractivity contribution in [3.63, 3.8) is 0 Å². The fourth-order valence-corrected chi connectivity index (χ4v) is 1.20. The molecule has 0 saturated carbocycles. The van der Waals surface area contributed by atoms with Gasteiger partial charge in [0.15, 0.2) is 0 Å². The maximum absolute atomic E-state index is 12.0. The number of alkyl halides is 3. The predicted molar refractivity (Wildman–Crippen MR) is 49.5 cm³/mol. The Balaban J connectivity index is 2.70. The van der Waals surface area contributed by atoms with Crippen molar-refractivity contribution in [3.05, 3.63) is 28.5 Å². The van der Waals surface area contributed by atoms with Gasteiger partial charge in [0.2, 0.25) is 0 Å². The van der Waals surface area contributed by atoms with Crippen LogP contribution in [0.25, 0.3) is 0 Å². The third-order valence-corrected chi connectivity index (χ3v) is 2.05. The number of halogens is 4. The minimum absolute atomic E-state index is 0.241. The number of hydrogen-bond acceptors (Lipinski definition) is 2. The Hall–Kier alpha value is -0.620. The van der Waals surface area contributed by atoms with Crippen LogP contribution in [0.15, 0.2) is 22.8 Å². The van der Waals surface area contributed by atoms with E-state index in [4.69, 9.17) is 5.73 Å². The Bertz CT molecular complexity index is 296. The van der Waals surface area contributed by atoms with Crippen LogP contribution < -0.4 is 5.73 Å². The van der Waals surface area contributed by atoms with Gasteiger partial charge in [0.1, 0.15) is 0 Å². The molecule has 1 aromatic heterocycles. The highest BCUT2D eigenvalue weighted by atomic mass is 79.9. The number of hydrogen-bond donors (Lipinski definition) is 1. The summed E-state index contributed by atoms with van der Waals surface area (Å²) < 4.78 is 36.6. The van der Waals surface area contributed by atoms with Crippen LogP contribution in [-0.2, 0) is 0 Å². The zero-order chi connectivity index (χ0) is 10.8. The van der Waals surface area contributed by atoms with E-state index in [0.717, 1.165) is 0 Å². The molecule has 6 heteroatoms. The Morgan fingerprint density at radius 1 is 1.43 bits per heavy atom. The summed E-state index contributed by atoms with van der Waals surface area (Å²) in [5.41, 5.74) is 5.57. The first-order valence-electron chi connectivity index (χ1n) is 3.82. The van der Waals surface area contributed by atoms with Gasteiger partial charge in [-0.1, -0.05) is 0 Å². The zero-order valence-electron chi connectivity index (χ0n) is 7.05. The van der Waals surface area contributed by atoms with Gasteiger partial charge in [-0.15, -0.1) is 0 Å². The van der Waals surface area contributed by atoms with E-state index in [1.165, 1.54) is 12.3 Å². The second-order valence-electron chi connectivity index (χ2n) is 2.83. The van der Waals surface area contributed by atoms with Gasteiger partial charge < -0.3 is 5.73 Å². The first-order valence-corrected chi connectivity index (χ1v) is 4.61. The van der Waals surface area contributed by atoms with E-state index < -0.39 is 18.6 Å². The van der Waals surface area contributed by atoms with Crippen molar-refractivity contribution in [2.75, 3.05) is 0 Å². The first-order chi connectivity index (χ1) is 6.38. The van der Waals surface area contributed by atoms with Crippen molar-refractivity contribution in [1.29, 1.82) is 0 Å². The van der Waals surface area contributed by atoms with E-state index in [0.29, 0.717) is 4.47 Å². The van der Waals surface area contributed by atoms with E-state index in [1.807, 2.05) is 0 Å². The molecule has 0 aliphatic heterocycles. The molecule has 0 aromatic carbocycles. The highest BCUT2D eigenvalue weighted by Crippen LogP contribution is 2.27. The molecule has 1 rings (SSSR count). The van der Waals surface area contributed by atoms with Crippen molar-refractivity contribution in [2.24, 2.45) is 5.73 Å².